The molecule has 0 spiro atoms. The largest absolute Gasteiger partial charge is 0.449 e. The van der Waals surface area contributed by atoms with Gasteiger partial charge in [-0.05, 0) is 35.3 Å². The monoisotopic (exact) mass is 376 g/mol. The van der Waals surface area contributed by atoms with Crippen molar-refractivity contribution in [2.45, 2.75) is 12.8 Å². The van der Waals surface area contributed by atoms with E-state index >= 15 is 0 Å². The maximum Gasteiger partial charge on any atom is 0.407 e. The number of fused-ring (bicyclic) bond motifs is 3. The van der Waals surface area contributed by atoms with Crippen molar-refractivity contribution in [2.75, 3.05) is 13.2 Å². The van der Waals surface area contributed by atoms with E-state index in [1.165, 1.54) is 27.1 Å². The van der Waals surface area contributed by atoms with Gasteiger partial charge in [-0.15, -0.1) is 11.3 Å². The van der Waals surface area contributed by atoms with E-state index in [9.17, 15) is 4.79 Å². The predicted molar refractivity (Wildman–Crippen MR) is 109 cm³/mol. The molecule has 3 aromatic rings. The molecule has 0 bridgehead atoms. The standard InChI is InChI=1S/C22H20N2O2S/c1-15-13-24-21(27-15)11-6-12-23-22(25)26-14-20-18-9-4-2-7-16(18)17-8-3-5-10-19(17)20/h2-11,13,20H,12,14H2,1H3,(H,23,25). The molecule has 5 heteroatoms. The number of carbonyl (C=O) groups is 1. The van der Waals surface area contributed by atoms with Crippen LogP contribution in [0.5, 0.6) is 0 Å². The number of nitrogens with one attached hydrogen (secondary N) is 1. The molecular formula is C22H20N2O2S. The van der Waals surface area contributed by atoms with Gasteiger partial charge in [-0.25, -0.2) is 9.78 Å². The highest BCUT2D eigenvalue weighted by atomic mass is 32.1. The molecule has 1 aliphatic carbocycles. The van der Waals surface area contributed by atoms with Crippen LogP contribution in [-0.4, -0.2) is 24.2 Å². The molecule has 0 fully saturated rings. The zero-order valence-electron chi connectivity index (χ0n) is 15.0. The van der Waals surface area contributed by atoms with Crippen LogP contribution >= 0.6 is 11.3 Å². The van der Waals surface area contributed by atoms with Crippen LogP contribution in [-0.2, 0) is 4.74 Å². The number of ether oxygens (including phenoxy) is 1. The van der Waals surface area contributed by atoms with Gasteiger partial charge in [0.25, 0.3) is 0 Å². The molecule has 1 amide bonds. The highest BCUT2D eigenvalue weighted by Gasteiger charge is 2.28. The van der Waals surface area contributed by atoms with Crippen LogP contribution in [0.2, 0.25) is 0 Å². The zero-order valence-corrected chi connectivity index (χ0v) is 15.8. The fourth-order valence-corrected chi connectivity index (χ4v) is 4.11. The van der Waals surface area contributed by atoms with Crippen LogP contribution in [0.3, 0.4) is 0 Å². The number of aryl methyl sites for hydroxylation is 1. The third-order valence-corrected chi connectivity index (χ3v) is 5.49. The summed E-state index contributed by atoms with van der Waals surface area (Å²) < 4.78 is 5.50. The van der Waals surface area contributed by atoms with Gasteiger partial charge < -0.3 is 10.1 Å². The smallest absolute Gasteiger partial charge is 0.407 e. The van der Waals surface area contributed by atoms with Crippen molar-refractivity contribution in [3.63, 3.8) is 0 Å². The van der Waals surface area contributed by atoms with Crippen molar-refractivity contribution in [3.05, 3.63) is 81.8 Å². The van der Waals surface area contributed by atoms with E-state index in [1.54, 1.807) is 11.3 Å². The molecule has 1 aromatic heterocycles. The Hall–Kier alpha value is -2.92. The molecule has 4 nitrogen and oxygen atoms in total. The lowest BCUT2D eigenvalue weighted by molar-refractivity contribution is 0.144. The lowest BCUT2D eigenvalue weighted by atomic mass is 9.98. The minimum absolute atomic E-state index is 0.0805. The van der Waals surface area contributed by atoms with Gasteiger partial charge in [0.2, 0.25) is 0 Å². The van der Waals surface area contributed by atoms with E-state index in [2.05, 4.69) is 34.6 Å². The van der Waals surface area contributed by atoms with E-state index in [1.807, 2.05) is 49.5 Å². The number of aromatic nitrogens is 1. The second-order valence-corrected chi connectivity index (χ2v) is 7.68. The normalized spacial score (nSPS) is 12.8. The minimum Gasteiger partial charge on any atom is -0.449 e. The summed E-state index contributed by atoms with van der Waals surface area (Å²) in [6.07, 6.45) is 5.21. The minimum atomic E-state index is -0.406. The molecule has 0 saturated carbocycles. The number of rotatable bonds is 5. The van der Waals surface area contributed by atoms with Crippen molar-refractivity contribution in [2.24, 2.45) is 0 Å². The van der Waals surface area contributed by atoms with E-state index in [0.29, 0.717) is 13.2 Å². The first-order valence-corrected chi connectivity index (χ1v) is 9.72. The van der Waals surface area contributed by atoms with Crippen molar-refractivity contribution < 1.29 is 9.53 Å². The average molecular weight is 376 g/mol. The molecule has 0 atom stereocenters. The lowest BCUT2D eigenvalue weighted by Gasteiger charge is -2.14. The summed E-state index contributed by atoms with van der Waals surface area (Å²) in [6, 6.07) is 16.6. The first kappa shape index (κ1) is 17.5. The molecule has 2 aromatic carbocycles. The topological polar surface area (TPSA) is 51.2 Å². The Labute approximate surface area is 162 Å². The van der Waals surface area contributed by atoms with Crippen molar-refractivity contribution in [1.82, 2.24) is 10.3 Å². The maximum absolute atomic E-state index is 12.1. The van der Waals surface area contributed by atoms with Gasteiger partial charge in [-0.2, -0.15) is 0 Å². The van der Waals surface area contributed by atoms with Gasteiger partial charge in [-0.3, -0.25) is 0 Å². The molecule has 1 heterocycles. The third-order valence-electron chi connectivity index (χ3n) is 4.61. The molecule has 0 saturated heterocycles. The fraction of sp³-hybridized carbons (Fsp3) is 0.182. The SMILES string of the molecule is Cc1cnc(C=CCNC(=O)OCC2c3ccccc3-c3ccccc32)s1. The van der Waals surface area contributed by atoms with Crippen LogP contribution in [0.1, 0.15) is 26.9 Å². The van der Waals surface area contributed by atoms with E-state index in [-0.39, 0.29) is 5.92 Å². The zero-order chi connectivity index (χ0) is 18.6. The second-order valence-electron chi connectivity index (χ2n) is 6.42. The Morgan fingerprint density at radius 2 is 1.81 bits per heavy atom. The summed E-state index contributed by atoms with van der Waals surface area (Å²) >= 11 is 1.62. The van der Waals surface area contributed by atoms with E-state index in [4.69, 9.17) is 4.74 Å². The summed E-state index contributed by atoms with van der Waals surface area (Å²) in [5.41, 5.74) is 4.88. The van der Waals surface area contributed by atoms with E-state index in [0.717, 1.165) is 5.01 Å². The van der Waals surface area contributed by atoms with Crippen molar-refractivity contribution in [3.8, 4) is 11.1 Å². The van der Waals surface area contributed by atoms with Crippen LogP contribution in [0.4, 0.5) is 4.79 Å². The Morgan fingerprint density at radius 3 is 2.44 bits per heavy atom. The summed E-state index contributed by atoms with van der Waals surface area (Å²) in [5, 5.41) is 3.69. The summed E-state index contributed by atoms with van der Waals surface area (Å²) in [5.74, 6) is 0.0805. The van der Waals surface area contributed by atoms with Gasteiger partial charge in [0, 0.05) is 23.5 Å². The summed E-state index contributed by atoms with van der Waals surface area (Å²) in [7, 11) is 0. The third kappa shape index (κ3) is 3.78. The van der Waals surface area contributed by atoms with Gasteiger partial charge in [0.05, 0.1) is 0 Å². The van der Waals surface area contributed by atoms with Gasteiger partial charge in [0.15, 0.2) is 0 Å². The Bertz CT molecular complexity index is 948. The number of carbonyl (C=O) groups excluding carboxylic acids is 1. The molecule has 136 valence electrons. The van der Waals surface area contributed by atoms with Crippen LogP contribution in [0, 0.1) is 6.92 Å². The molecule has 4 rings (SSSR count). The Morgan fingerprint density at radius 1 is 1.15 bits per heavy atom. The summed E-state index contributed by atoms with van der Waals surface area (Å²) in [6.45, 7) is 2.76. The average Bonchev–Trinajstić information content (AvgIpc) is 3.25. The van der Waals surface area contributed by atoms with Crippen molar-refractivity contribution in [1.29, 1.82) is 0 Å². The molecule has 0 aliphatic heterocycles. The number of benzene rings is 2. The molecule has 0 unspecified atom stereocenters. The molecule has 27 heavy (non-hydrogen) atoms. The highest BCUT2D eigenvalue weighted by Crippen LogP contribution is 2.44. The van der Waals surface area contributed by atoms with Gasteiger partial charge in [-0.1, -0.05) is 54.6 Å². The van der Waals surface area contributed by atoms with Gasteiger partial charge in [0.1, 0.15) is 11.6 Å². The number of thiazole rings is 1. The second kappa shape index (κ2) is 7.76. The predicted octanol–water partition coefficient (Wildman–Crippen LogP) is 5.00. The Kier molecular flexibility index (Phi) is 5.03. The van der Waals surface area contributed by atoms with Crippen LogP contribution in [0.25, 0.3) is 17.2 Å². The molecule has 1 aliphatic rings. The number of alkyl carbamates (subject to hydrolysis) is 1. The quantitative estimate of drug-likeness (QED) is 0.681. The fourth-order valence-electron chi connectivity index (χ4n) is 3.40. The number of nitrogens with zero attached hydrogens (tertiary/aromatic N) is 1. The van der Waals surface area contributed by atoms with E-state index < -0.39 is 6.09 Å². The number of hydrogen-bond acceptors (Lipinski definition) is 4. The Balaban J connectivity index is 1.34. The highest BCUT2D eigenvalue weighted by molar-refractivity contribution is 7.12. The molecule has 0 radical (unpaired) electrons. The van der Waals surface area contributed by atoms with Crippen LogP contribution < -0.4 is 5.32 Å². The van der Waals surface area contributed by atoms with Gasteiger partial charge >= 0.3 is 6.09 Å². The first-order valence-electron chi connectivity index (χ1n) is 8.90. The van der Waals surface area contributed by atoms with Crippen molar-refractivity contribution >= 4 is 23.5 Å². The number of hydrogen-bond donors (Lipinski definition) is 1. The summed E-state index contributed by atoms with van der Waals surface area (Å²) in [4.78, 5) is 17.5. The lowest BCUT2D eigenvalue weighted by Crippen LogP contribution is -2.26. The van der Waals surface area contributed by atoms with Crippen LogP contribution in [0.15, 0.2) is 60.8 Å². The first-order chi connectivity index (χ1) is 13.2. The molecular weight excluding hydrogens is 356 g/mol. The molecule has 1 N–H and O–H groups in total. The maximum atomic E-state index is 12.1. The number of amides is 1.